The molecule has 0 aromatic rings. The van der Waals surface area contributed by atoms with Gasteiger partial charge < -0.3 is 26.6 Å². The highest BCUT2D eigenvalue weighted by Gasteiger charge is 2.41. The molecule has 0 rings (SSSR count). The highest BCUT2D eigenvalue weighted by atomic mass is 32.1. The molecule has 0 unspecified atom stereocenters. The lowest BCUT2D eigenvalue weighted by atomic mass is 10.1. The first kappa shape index (κ1) is 79.0. The highest BCUT2D eigenvalue weighted by molar-refractivity contribution is 7.59. The Hall–Kier alpha value is 1.59. The molecule has 6 nitrogen and oxygen atoms in total. The van der Waals surface area contributed by atoms with Gasteiger partial charge in [-0.05, 0) is 38.5 Å². The quantitative estimate of drug-likeness (QED) is 0.0447. The Balaban J connectivity index is -0.000000257. The maximum atomic E-state index is 6.46. The first-order chi connectivity index (χ1) is 30.5. The molecule has 0 atom stereocenters. The van der Waals surface area contributed by atoms with Crippen molar-refractivity contribution in [3.05, 3.63) is 0 Å². The zero-order valence-corrected chi connectivity index (χ0v) is 52.0. The first-order valence-electron chi connectivity index (χ1n) is 28.3. The second kappa shape index (κ2) is 66.6. The second-order valence-corrected chi connectivity index (χ2v) is 24.0. The zero-order valence-electron chi connectivity index (χ0n) is 46.0. The SMILES string of the molecule is CCCCCCCCO[Si](CCC)(OCCCCCCCC)OCCCCCCCC.CCCCCCCCO[Si](CCC)(OCCCCCCCC)OCCCCCCCC.S.S.S.S. The van der Waals surface area contributed by atoms with Gasteiger partial charge in [-0.1, -0.05) is 261 Å². The van der Waals surface area contributed by atoms with E-state index >= 15 is 0 Å². The van der Waals surface area contributed by atoms with Crippen LogP contribution in [0.25, 0.3) is 0 Å². The standard InChI is InChI=1S/2C27H58O3Si.4H2S/c2*1-5-9-12-15-18-21-24-28-31(27-8-4,29-25-22-19-16-13-10-6-2)30-26-23-20-17-14-11-7-3;;;;/h2*5-27H2,1-4H3;4*1H2. The largest absolute Gasteiger partial charge is 0.500 e. The summed E-state index contributed by atoms with van der Waals surface area (Å²) in [5.74, 6) is 0. The van der Waals surface area contributed by atoms with Crippen LogP contribution >= 0.6 is 54.0 Å². The molecule has 0 bridgehead atoms. The smallest absolute Gasteiger partial charge is 0.373 e. The van der Waals surface area contributed by atoms with E-state index in [2.05, 4.69) is 55.4 Å². The summed E-state index contributed by atoms with van der Waals surface area (Å²) in [7, 11) is -5.04. The van der Waals surface area contributed by atoms with Crippen molar-refractivity contribution in [1.82, 2.24) is 0 Å². The van der Waals surface area contributed by atoms with Crippen LogP contribution in [0.1, 0.15) is 299 Å². The van der Waals surface area contributed by atoms with E-state index in [1.807, 2.05) is 0 Å². The summed E-state index contributed by atoms with van der Waals surface area (Å²) < 4.78 is 38.8. The summed E-state index contributed by atoms with van der Waals surface area (Å²) in [6.07, 6.45) is 48.8. The van der Waals surface area contributed by atoms with Gasteiger partial charge in [-0.25, -0.2) is 0 Å². The van der Waals surface area contributed by atoms with Crippen molar-refractivity contribution in [2.24, 2.45) is 0 Å². The minimum Gasteiger partial charge on any atom is -0.373 e. The van der Waals surface area contributed by atoms with Gasteiger partial charge in [0.1, 0.15) is 0 Å². The van der Waals surface area contributed by atoms with Crippen molar-refractivity contribution in [3.8, 4) is 0 Å². The average Bonchev–Trinajstić information content (AvgIpc) is 3.27. The topological polar surface area (TPSA) is 55.4 Å². The third-order valence-corrected chi connectivity index (χ3v) is 18.1. The number of rotatable bonds is 52. The van der Waals surface area contributed by atoms with E-state index in [0.717, 1.165) is 103 Å². The van der Waals surface area contributed by atoms with Gasteiger partial charge in [-0.3, -0.25) is 0 Å². The maximum absolute atomic E-state index is 6.46. The lowest BCUT2D eigenvalue weighted by molar-refractivity contribution is 0.0544. The average molecular weight is 1050 g/mol. The Bertz CT molecular complexity index is 672. The summed E-state index contributed by atoms with van der Waals surface area (Å²) in [5.41, 5.74) is 0. The van der Waals surface area contributed by atoms with Gasteiger partial charge in [0.15, 0.2) is 0 Å². The van der Waals surface area contributed by atoms with E-state index in [4.69, 9.17) is 26.6 Å². The van der Waals surface area contributed by atoms with Crippen LogP contribution in [0.15, 0.2) is 0 Å². The van der Waals surface area contributed by atoms with Gasteiger partial charge >= 0.3 is 17.6 Å². The fourth-order valence-electron chi connectivity index (χ4n) is 7.96. The molecular formula is C54H124O6S4Si2. The molecule has 0 aromatic heterocycles. The fourth-order valence-corrected chi connectivity index (χ4v) is 13.3. The maximum Gasteiger partial charge on any atom is 0.500 e. The molecule has 0 saturated carbocycles. The third-order valence-electron chi connectivity index (χ3n) is 12.0. The molecule has 0 aliphatic carbocycles. The monoisotopic (exact) mass is 1050 g/mol. The molecule has 0 heterocycles. The molecule has 408 valence electrons. The van der Waals surface area contributed by atoms with Crippen molar-refractivity contribution < 1.29 is 26.6 Å². The predicted molar refractivity (Wildman–Crippen MR) is 319 cm³/mol. The van der Waals surface area contributed by atoms with E-state index in [1.54, 1.807) is 0 Å². The van der Waals surface area contributed by atoms with Crippen LogP contribution in [0.4, 0.5) is 0 Å². The minimum absolute atomic E-state index is 0. The Morgan fingerprint density at radius 2 is 0.318 bits per heavy atom. The van der Waals surface area contributed by atoms with Gasteiger partial charge in [0, 0.05) is 51.7 Å². The normalized spacial score (nSPS) is 11.3. The van der Waals surface area contributed by atoms with Crippen LogP contribution < -0.4 is 0 Å². The minimum atomic E-state index is -2.52. The molecule has 12 heteroatoms. The summed E-state index contributed by atoms with van der Waals surface area (Å²) in [6, 6.07) is 1.93. The Morgan fingerprint density at radius 1 is 0.182 bits per heavy atom. The summed E-state index contributed by atoms with van der Waals surface area (Å²) in [5, 5.41) is 0. The van der Waals surface area contributed by atoms with Crippen molar-refractivity contribution in [1.29, 1.82) is 0 Å². The first-order valence-corrected chi connectivity index (χ1v) is 32.2. The fraction of sp³-hybridized carbons (Fsp3) is 1.00. The summed E-state index contributed by atoms with van der Waals surface area (Å²) in [4.78, 5) is 0. The number of hydrogen-bond donors (Lipinski definition) is 0. The van der Waals surface area contributed by atoms with E-state index in [-0.39, 0.29) is 54.0 Å². The van der Waals surface area contributed by atoms with Gasteiger partial charge in [0.2, 0.25) is 0 Å². The number of unbranched alkanes of at least 4 members (excludes halogenated alkanes) is 30. The predicted octanol–water partition coefficient (Wildman–Crippen LogP) is 19.4. The molecule has 0 spiro atoms. The van der Waals surface area contributed by atoms with E-state index < -0.39 is 17.6 Å². The Kier molecular flexibility index (Phi) is 79.7. The van der Waals surface area contributed by atoms with Crippen LogP contribution in [-0.2, 0) is 26.6 Å². The van der Waals surface area contributed by atoms with E-state index in [0.29, 0.717) is 0 Å². The van der Waals surface area contributed by atoms with Crippen LogP contribution in [0.2, 0.25) is 12.1 Å². The summed E-state index contributed by atoms with van der Waals surface area (Å²) >= 11 is 0. The molecule has 0 aliphatic rings. The van der Waals surface area contributed by atoms with Crippen molar-refractivity contribution >= 4 is 71.6 Å². The molecule has 0 radical (unpaired) electrons. The van der Waals surface area contributed by atoms with Gasteiger partial charge in [-0.2, -0.15) is 54.0 Å². The molecule has 0 N–H and O–H groups in total. The summed E-state index contributed by atoms with van der Waals surface area (Å²) in [6.45, 7) is 23.0. The molecular weight excluding hydrogens is 929 g/mol. The van der Waals surface area contributed by atoms with Gasteiger partial charge in [-0.15, -0.1) is 0 Å². The van der Waals surface area contributed by atoms with Crippen LogP contribution in [0, 0.1) is 0 Å². The van der Waals surface area contributed by atoms with Crippen LogP contribution in [-0.4, -0.2) is 57.3 Å². The second-order valence-electron chi connectivity index (χ2n) is 18.6. The Morgan fingerprint density at radius 3 is 0.455 bits per heavy atom. The zero-order chi connectivity index (χ0) is 45.8. The van der Waals surface area contributed by atoms with E-state index in [1.165, 1.54) is 193 Å². The molecule has 0 fully saturated rings. The molecule has 0 saturated heterocycles. The number of hydrogen-bond acceptors (Lipinski definition) is 6. The van der Waals surface area contributed by atoms with Gasteiger partial charge in [0.05, 0.1) is 0 Å². The van der Waals surface area contributed by atoms with Crippen LogP contribution in [0.3, 0.4) is 0 Å². The highest BCUT2D eigenvalue weighted by Crippen LogP contribution is 2.23. The lowest BCUT2D eigenvalue weighted by Crippen LogP contribution is -2.46. The molecule has 0 aliphatic heterocycles. The van der Waals surface area contributed by atoms with Crippen molar-refractivity contribution in [3.63, 3.8) is 0 Å². The Labute approximate surface area is 446 Å². The van der Waals surface area contributed by atoms with Gasteiger partial charge in [0.25, 0.3) is 0 Å². The molecule has 0 aromatic carbocycles. The van der Waals surface area contributed by atoms with E-state index in [9.17, 15) is 0 Å². The third kappa shape index (κ3) is 56.5. The van der Waals surface area contributed by atoms with Crippen LogP contribution in [0.5, 0.6) is 0 Å². The lowest BCUT2D eigenvalue weighted by Gasteiger charge is -2.30. The van der Waals surface area contributed by atoms with Crippen molar-refractivity contribution in [2.45, 2.75) is 311 Å². The molecule has 66 heavy (non-hydrogen) atoms. The molecule has 0 amide bonds. The van der Waals surface area contributed by atoms with Crippen molar-refractivity contribution in [2.75, 3.05) is 39.6 Å².